The van der Waals surface area contributed by atoms with E-state index in [1.807, 2.05) is 0 Å². The highest BCUT2D eigenvalue weighted by Crippen LogP contribution is 2.58. The lowest BCUT2D eigenvalue weighted by molar-refractivity contribution is -0.0358. The smallest absolute Gasteiger partial charge is 0.0950 e. The highest BCUT2D eigenvalue weighted by atomic mass is 16.5. The third-order valence-electron chi connectivity index (χ3n) is 9.04. The molecular formula is C30H36N2O2. The maximum Gasteiger partial charge on any atom is 0.0950 e. The summed E-state index contributed by atoms with van der Waals surface area (Å²) in [5, 5.41) is 20.9. The van der Waals surface area contributed by atoms with Gasteiger partial charge in [0.05, 0.1) is 29.8 Å². The summed E-state index contributed by atoms with van der Waals surface area (Å²) in [4.78, 5) is 5.14. The van der Waals surface area contributed by atoms with Gasteiger partial charge in [0.25, 0.3) is 0 Å². The van der Waals surface area contributed by atoms with E-state index in [0.29, 0.717) is 18.4 Å². The van der Waals surface area contributed by atoms with Crippen LogP contribution in [0.2, 0.25) is 0 Å². The molecule has 0 amide bonds. The molecule has 1 aromatic carbocycles. The predicted octanol–water partition coefficient (Wildman–Crippen LogP) is 6.46. The molecule has 4 aliphatic rings. The van der Waals surface area contributed by atoms with Gasteiger partial charge < -0.3 is 9.84 Å². The third kappa shape index (κ3) is 3.28. The highest BCUT2D eigenvalue weighted by Gasteiger charge is 2.51. The standard InChI is InChI=1S/C30H36N2O2/c1-18(2)27-22-16-34-30(26(22)25-23(32-27)14-28(3,4)15-24(25)33)10-9-20(13-30)19-5-7-21(8-6-19)29(17-31)11-12-29/h5-8,18,20,24,33H,9-16H2,1-4H3/t20-,24+,30?/m1/s1. The number of pyridine rings is 1. The molecule has 6 rings (SSSR count). The van der Waals surface area contributed by atoms with Gasteiger partial charge in [-0.2, -0.15) is 5.26 Å². The van der Waals surface area contributed by atoms with Gasteiger partial charge in [0.15, 0.2) is 0 Å². The van der Waals surface area contributed by atoms with Gasteiger partial charge in [0, 0.05) is 22.5 Å². The first-order chi connectivity index (χ1) is 16.2. The summed E-state index contributed by atoms with van der Waals surface area (Å²) in [6.07, 6.45) is 6.19. The van der Waals surface area contributed by atoms with Crippen molar-refractivity contribution in [3.63, 3.8) is 0 Å². The van der Waals surface area contributed by atoms with E-state index in [4.69, 9.17) is 9.72 Å². The van der Waals surface area contributed by atoms with Crippen LogP contribution < -0.4 is 0 Å². The van der Waals surface area contributed by atoms with E-state index in [0.717, 1.165) is 61.9 Å². The molecule has 0 saturated heterocycles. The van der Waals surface area contributed by atoms with Gasteiger partial charge >= 0.3 is 0 Å². The van der Waals surface area contributed by atoms with Crippen molar-refractivity contribution in [3.05, 3.63) is 63.5 Å². The summed E-state index contributed by atoms with van der Waals surface area (Å²) in [6.45, 7) is 9.52. The van der Waals surface area contributed by atoms with Gasteiger partial charge in [0.1, 0.15) is 0 Å². The molecule has 2 fully saturated rings. The van der Waals surface area contributed by atoms with E-state index < -0.39 is 6.10 Å². The Balaban J connectivity index is 1.38. The average Bonchev–Trinajstić information content (AvgIpc) is 3.35. The largest absolute Gasteiger partial charge is 0.388 e. The summed E-state index contributed by atoms with van der Waals surface area (Å²) in [5.74, 6) is 0.764. The van der Waals surface area contributed by atoms with Crippen LogP contribution in [-0.2, 0) is 28.8 Å². The summed E-state index contributed by atoms with van der Waals surface area (Å²) in [7, 11) is 0. The first-order valence-corrected chi connectivity index (χ1v) is 13.1. The van der Waals surface area contributed by atoms with E-state index in [2.05, 4.69) is 58.0 Å². The van der Waals surface area contributed by atoms with Crippen LogP contribution in [0.25, 0.3) is 0 Å². The third-order valence-corrected chi connectivity index (χ3v) is 9.04. The number of aliphatic hydroxyl groups excluding tert-OH is 1. The Morgan fingerprint density at radius 2 is 1.85 bits per heavy atom. The van der Waals surface area contributed by atoms with Crippen molar-refractivity contribution in [2.24, 2.45) is 5.41 Å². The molecular weight excluding hydrogens is 420 g/mol. The molecule has 3 aliphatic carbocycles. The van der Waals surface area contributed by atoms with Gasteiger partial charge in [-0.25, -0.2) is 0 Å². The maximum absolute atomic E-state index is 11.3. The van der Waals surface area contributed by atoms with Crippen LogP contribution in [0.3, 0.4) is 0 Å². The molecule has 1 unspecified atom stereocenters. The van der Waals surface area contributed by atoms with Crippen molar-refractivity contribution < 1.29 is 9.84 Å². The number of nitrogens with zero attached hydrogens (tertiary/aromatic N) is 2. The molecule has 1 spiro atoms. The SMILES string of the molecule is CC(C)c1nc2c(c3c1COC31CC[C@@H](c3ccc(C4(C#N)CC4)cc3)C1)[C@@H](O)CC(C)(C)C2. The first-order valence-electron chi connectivity index (χ1n) is 13.1. The molecule has 2 heterocycles. The molecule has 34 heavy (non-hydrogen) atoms. The number of hydrogen-bond donors (Lipinski definition) is 1. The normalized spacial score (nSPS) is 30.3. The molecule has 1 N–H and O–H groups in total. The number of nitriles is 1. The number of rotatable bonds is 3. The van der Waals surface area contributed by atoms with Crippen LogP contribution in [0.1, 0.15) is 123 Å². The monoisotopic (exact) mass is 456 g/mol. The molecule has 1 aromatic heterocycles. The lowest BCUT2D eigenvalue weighted by Gasteiger charge is -2.38. The molecule has 3 atom stereocenters. The van der Waals surface area contributed by atoms with Crippen molar-refractivity contribution in [2.45, 2.75) is 108 Å². The van der Waals surface area contributed by atoms with Crippen LogP contribution in [-0.4, -0.2) is 10.1 Å². The molecule has 4 heteroatoms. The molecule has 1 aliphatic heterocycles. The minimum atomic E-state index is -0.473. The molecule has 4 nitrogen and oxygen atoms in total. The first kappa shape index (κ1) is 22.3. The lowest BCUT2D eigenvalue weighted by Crippen LogP contribution is -2.32. The van der Waals surface area contributed by atoms with Crippen LogP contribution in [0.5, 0.6) is 0 Å². The number of ether oxygens (including phenoxy) is 1. The average molecular weight is 457 g/mol. The van der Waals surface area contributed by atoms with Gasteiger partial charge in [0.2, 0.25) is 0 Å². The Kier molecular flexibility index (Phi) is 4.84. The summed E-state index contributed by atoms with van der Waals surface area (Å²) >= 11 is 0. The second kappa shape index (κ2) is 7.39. The van der Waals surface area contributed by atoms with E-state index >= 15 is 0 Å². The maximum atomic E-state index is 11.3. The van der Waals surface area contributed by atoms with Gasteiger partial charge in [-0.05, 0) is 78.9 Å². The Hall–Kier alpha value is -2.22. The van der Waals surface area contributed by atoms with Crippen LogP contribution in [0, 0.1) is 16.7 Å². The molecule has 0 bridgehead atoms. The zero-order valence-corrected chi connectivity index (χ0v) is 20.9. The minimum Gasteiger partial charge on any atom is -0.388 e. The number of aromatic nitrogens is 1. The van der Waals surface area contributed by atoms with Crippen molar-refractivity contribution in [1.82, 2.24) is 4.98 Å². The highest BCUT2D eigenvalue weighted by molar-refractivity contribution is 5.51. The molecule has 0 radical (unpaired) electrons. The van der Waals surface area contributed by atoms with E-state index in [-0.39, 0.29) is 16.4 Å². The number of aliphatic hydroxyl groups is 1. The second-order valence-electron chi connectivity index (χ2n) is 12.5. The Morgan fingerprint density at radius 1 is 1.12 bits per heavy atom. The summed E-state index contributed by atoms with van der Waals surface area (Å²) in [6, 6.07) is 11.3. The Labute approximate surface area is 203 Å². The molecule has 2 aromatic rings. The van der Waals surface area contributed by atoms with Crippen molar-refractivity contribution >= 4 is 0 Å². The zero-order chi connectivity index (χ0) is 23.9. The fourth-order valence-corrected chi connectivity index (χ4v) is 7.10. The molecule has 178 valence electrons. The van der Waals surface area contributed by atoms with Crippen molar-refractivity contribution in [1.29, 1.82) is 5.26 Å². The van der Waals surface area contributed by atoms with Crippen LogP contribution >= 0.6 is 0 Å². The fraction of sp³-hybridized carbons (Fsp3) is 0.600. The van der Waals surface area contributed by atoms with Gasteiger partial charge in [-0.1, -0.05) is 52.0 Å². The summed E-state index contributed by atoms with van der Waals surface area (Å²) < 4.78 is 6.69. The van der Waals surface area contributed by atoms with Gasteiger partial charge in [-0.15, -0.1) is 0 Å². The Bertz CT molecular complexity index is 1190. The van der Waals surface area contributed by atoms with Crippen molar-refractivity contribution in [3.8, 4) is 6.07 Å². The van der Waals surface area contributed by atoms with E-state index in [1.165, 1.54) is 22.3 Å². The van der Waals surface area contributed by atoms with Crippen LogP contribution in [0.4, 0.5) is 0 Å². The van der Waals surface area contributed by atoms with E-state index in [1.54, 1.807) is 0 Å². The van der Waals surface area contributed by atoms with Crippen molar-refractivity contribution in [2.75, 3.05) is 0 Å². The van der Waals surface area contributed by atoms with Crippen LogP contribution in [0.15, 0.2) is 24.3 Å². The quantitative estimate of drug-likeness (QED) is 0.576. The predicted molar refractivity (Wildman–Crippen MR) is 131 cm³/mol. The molecule has 2 saturated carbocycles. The number of benzene rings is 1. The number of hydrogen-bond acceptors (Lipinski definition) is 4. The summed E-state index contributed by atoms with van der Waals surface area (Å²) in [5.41, 5.74) is 7.88. The van der Waals surface area contributed by atoms with E-state index in [9.17, 15) is 10.4 Å². The zero-order valence-electron chi connectivity index (χ0n) is 20.9. The Morgan fingerprint density at radius 3 is 2.50 bits per heavy atom. The van der Waals surface area contributed by atoms with Gasteiger partial charge in [-0.3, -0.25) is 4.98 Å². The number of fused-ring (bicyclic) bond motifs is 4. The second-order valence-corrected chi connectivity index (χ2v) is 12.5. The fourth-order valence-electron chi connectivity index (χ4n) is 7.10. The lowest BCUT2D eigenvalue weighted by atomic mass is 9.70. The topological polar surface area (TPSA) is 66.1 Å². The minimum absolute atomic E-state index is 0.0524.